The lowest BCUT2D eigenvalue weighted by atomic mass is 10.1. The van der Waals surface area contributed by atoms with E-state index in [1.165, 1.54) is 4.90 Å². The Morgan fingerprint density at radius 1 is 1.36 bits per heavy atom. The number of carbonyl (C=O) groups is 2. The molecule has 2 N–H and O–H groups in total. The van der Waals surface area contributed by atoms with Gasteiger partial charge in [0.1, 0.15) is 6.04 Å². The molecule has 0 spiro atoms. The summed E-state index contributed by atoms with van der Waals surface area (Å²) < 4.78 is 0. The maximum atomic E-state index is 11.7. The molecule has 0 radical (unpaired) electrons. The zero-order valence-electron chi connectivity index (χ0n) is 7.90. The number of amides is 1. The van der Waals surface area contributed by atoms with Crippen molar-refractivity contribution >= 4 is 11.9 Å². The van der Waals surface area contributed by atoms with Gasteiger partial charge in [0.15, 0.2) is 0 Å². The number of nitrogens with zero attached hydrogens (tertiary/aromatic N) is 1. The van der Waals surface area contributed by atoms with Gasteiger partial charge >= 0.3 is 5.97 Å². The van der Waals surface area contributed by atoms with Crippen LogP contribution in [-0.4, -0.2) is 47.1 Å². The summed E-state index contributed by atoms with van der Waals surface area (Å²) in [4.78, 5) is 24.1. The van der Waals surface area contributed by atoms with Crippen LogP contribution in [0.1, 0.15) is 19.3 Å². The molecule has 2 unspecified atom stereocenters. The molecule has 2 fully saturated rings. The maximum absolute atomic E-state index is 11.7. The predicted molar refractivity (Wildman–Crippen MR) is 48.8 cm³/mol. The number of nitrogens with one attached hydrogen (secondary N) is 1. The van der Waals surface area contributed by atoms with Gasteiger partial charge in [-0.2, -0.15) is 0 Å². The van der Waals surface area contributed by atoms with Crippen LogP contribution in [0.5, 0.6) is 0 Å². The molecular weight excluding hydrogens is 184 g/mol. The number of rotatable bonds is 2. The minimum absolute atomic E-state index is 0.0406. The van der Waals surface area contributed by atoms with Gasteiger partial charge in [-0.05, 0) is 25.8 Å². The highest BCUT2D eigenvalue weighted by Crippen LogP contribution is 2.20. The van der Waals surface area contributed by atoms with Crippen LogP contribution in [0.2, 0.25) is 0 Å². The third kappa shape index (κ3) is 1.48. The van der Waals surface area contributed by atoms with E-state index in [2.05, 4.69) is 5.32 Å². The highest BCUT2D eigenvalue weighted by molar-refractivity contribution is 5.88. The van der Waals surface area contributed by atoms with Gasteiger partial charge in [0.05, 0.1) is 6.04 Å². The SMILES string of the molecule is O=C(O)C1CCCN1C(=O)C1CCN1. The van der Waals surface area contributed by atoms with E-state index in [0.29, 0.717) is 13.0 Å². The van der Waals surface area contributed by atoms with E-state index in [1.807, 2.05) is 0 Å². The summed E-state index contributed by atoms with van der Waals surface area (Å²) >= 11 is 0. The minimum atomic E-state index is -0.879. The first-order valence-corrected chi connectivity index (χ1v) is 4.97. The van der Waals surface area contributed by atoms with Crippen molar-refractivity contribution in [3.63, 3.8) is 0 Å². The molecule has 14 heavy (non-hydrogen) atoms. The molecule has 0 aromatic carbocycles. The molecule has 1 amide bonds. The van der Waals surface area contributed by atoms with Crippen molar-refractivity contribution in [3.05, 3.63) is 0 Å². The highest BCUT2D eigenvalue weighted by Gasteiger charge is 2.38. The summed E-state index contributed by atoms with van der Waals surface area (Å²) in [6.07, 6.45) is 2.23. The van der Waals surface area contributed by atoms with E-state index < -0.39 is 12.0 Å². The van der Waals surface area contributed by atoms with Gasteiger partial charge in [-0.1, -0.05) is 0 Å². The van der Waals surface area contributed by atoms with E-state index in [1.54, 1.807) is 0 Å². The molecule has 0 bridgehead atoms. The van der Waals surface area contributed by atoms with Gasteiger partial charge in [-0.15, -0.1) is 0 Å². The van der Waals surface area contributed by atoms with Crippen LogP contribution < -0.4 is 5.32 Å². The predicted octanol–water partition coefficient (Wildman–Crippen LogP) is -0.576. The second-order valence-electron chi connectivity index (χ2n) is 3.82. The Morgan fingerprint density at radius 2 is 2.07 bits per heavy atom. The molecule has 2 aliphatic heterocycles. The van der Waals surface area contributed by atoms with Crippen LogP contribution in [-0.2, 0) is 9.59 Å². The normalized spacial score (nSPS) is 31.3. The minimum Gasteiger partial charge on any atom is -0.480 e. The van der Waals surface area contributed by atoms with E-state index in [4.69, 9.17) is 5.11 Å². The Labute approximate surface area is 82.1 Å². The van der Waals surface area contributed by atoms with E-state index in [9.17, 15) is 9.59 Å². The first-order chi connectivity index (χ1) is 6.70. The number of hydrogen-bond donors (Lipinski definition) is 2. The van der Waals surface area contributed by atoms with Gasteiger partial charge in [0.2, 0.25) is 5.91 Å². The van der Waals surface area contributed by atoms with Crippen molar-refractivity contribution in [2.45, 2.75) is 31.3 Å². The molecule has 2 atom stereocenters. The lowest BCUT2D eigenvalue weighted by Gasteiger charge is -2.32. The molecule has 0 aromatic rings. The molecule has 2 aliphatic rings. The smallest absolute Gasteiger partial charge is 0.326 e. The van der Waals surface area contributed by atoms with Gasteiger partial charge in [0.25, 0.3) is 0 Å². The Morgan fingerprint density at radius 3 is 2.57 bits per heavy atom. The fourth-order valence-electron chi connectivity index (χ4n) is 1.99. The molecule has 0 aromatic heterocycles. The first-order valence-electron chi connectivity index (χ1n) is 4.97. The molecule has 5 nitrogen and oxygen atoms in total. The zero-order valence-corrected chi connectivity index (χ0v) is 7.90. The van der Waals surface area contributed by atoms with Crippen LogP contribution in [0.25, 0.3) is 0 Å². The first kappa shape index (κ1) is 9.45. The summed E-state index contributed by atoms with van der Waals surface area (Å²) in [6, 6.07) is -0.722. The molecule has 2 heterocycles. The summed E-state index contributed by atoms with van der Waals surface area (Å²) in [6.45, 7) is 1.45. The van der Waals surface area contributed by atoms with Gasteiger partial charge < -0.3 is 15.3 Å². The van der Waals surface area contributed by atoms with Crippen molar-refractivity contribution in [3.8, 4) is 0 Å². The van der Waals surface area contributed by atoms with Crippen LogP contribution >= 0.6 is 0 Å². The van der Waals surface area contributed by atoms with Gasteiger partial charge in [-0.25, -0.2) is 4.79 Å². The third-order valence-corrected chi connectivity index (χ3v) is 2.94. The van der Waals surface area contributed by atoms with Crippen LogP contribution in [0.3, 0.4) is 0 Å². The van der Waals surface area contributed by atoms with E-state index in [0.717, 1.165) is 19.4 Å². The van der Waals surface area contributed by atoms with Gasteiger partial charge in [-0.3, -0.25) is 4.79 Å². The summed E-state index contributed by atoms with van der Waals surface area (Å²) in [5, 5.41) is 11.9. The third-order valence-electron chi connectivity index (χ3n) is 2.94. The van der Waals surface area contributed by atoms with Crippen molar-refractivity contribution in [2.24, 2.45) is 0 Å². The molecule has 0 aliphatic carbocycles. The standard InChI is InChI=1S/C9H14N2O3/c12-8(6-3-4-10-6)11-5-1-2-7(11)9(13)14/h6-7,10H,1-5H2,(H,13,14). The van der Waals surface area contributed by atoms with Crippen molar-refractivity contribution in [1.82, 2.24) is 10.2 Å². The van der Waals surface area contributed by atoms with Crippen LogP contribution in [0.15, 0.2) is 0 Å². The Kier molecular flexibility index (Phi) is 2.41. The molecule has 5 heteroatoms. The molecule has 2 rings (SSSR count). The summed E-state index contributed by atoms with van der Waals surface area (Å²) in [5.41, 5.74) is 0. The number of carbonyl (C=O) groups excluding carboxylic acids is 1. The maximum Gasteiger partial charge on any atom is 0.326 e. The lowest BCUT2D eigenvalue weighted by molar-refractivity contribution is -0.149. The second-order valence-corrected chi connectivity index (χ2v) is 3.82. The molecule has 0 saturated carbocycles. The Hall–Kier alpha value is -1.10. The van der Waals surface area contributed by atoms with E-state index >= 15 is 0 Å². The lowest BCUT2D eigenvalue weighted by Crippen LogP contribution is -2.56. The Balaban J connectivity index is 2.01. The number of carboxylic acid groups (broad SMARTS) is 1. The number of carboxylic acids is 1. The number of likely N-dealkylation sites (tertiary alicyclic amines) is 1. The monoisotopic (exact) mass is 198 g/mol. The van der Waals surface area contributed by atoms with Gasteiger partial charge in [0, 0.05) is 6.54 Å². The van der Waals surface area contributed by atoms with E-state index in [-0.39, 0.29) is 11.9 Å². The fraction of sp³-hybridized carbons (Fsp3) is 0.778. The largest absolute Gasteiger partial charge is 0.480 e. The average Bonchev–Trinajstić information content (AvgIpc) is 2.47. The quantitative estimate of drug-likeness (QED) is 0.623. The number of aliphatic carboxylic acids is 1. The van der Waals surface area contributed by atoms with Crippen LogP contribution in [0.4, 0.5) is 0 Å². The van der Waals surface area contributed by atoms with Crippen molar-refractivity contribution in [1.29, 1.82) is 0 Å². The fourth-order valence-corrected chi connectivity index (χ4v) is 1.99. The molecule has 2 saturated heterocycles. The topological polar surface area (TPSA) is 69.6 Å². The summed E-state index contributed by atoms with van der Waals surface area (Å²) in [5.74, 6) is -0.920. The molecule has 78 valence electrons. The second kappa shape index (κ2) is 3.57. The highest BCUT2D eigenvalue weighted by atomic mass is 16.4. The van der Waals surface area contributed by atoms with Crippen molar-refractivity contribution in [2.75, 3.05) is 13.1 Å². The summed E-state index contributed by atoms with van der Waals surface area (Å²) in [7, 11) is 0. The zero-order chi connectivity index (χ0) is 10.1. The average molecular weight is 198 g/mol. The van der Waals surface area contributed by atoms with Crippen LogP contribution in [0, 0.1) is 0 Å². The molecular formula is C9H14N2O3. The van der Waals surface area contributed by atoms with Crippen molar-refractivity contribution < 1.29 is 14.7 Å². The number of hydrogen-bond acceptors (Lipinski definition) is 3. The Bertz CT molecular complexity index is 263.